The van der Waals surface area contributed by atoms with E-state index in [0.717, 1.165) is 18.5 Å². The van der Waals surface area contributed by atoms with Gasteiger partial charge in [-0.3, -0.25) is 4.90 Å². The van der Waals surface area contributed by atoms with E-state index in [2.05, 4.69) is 4.90 Å². The van der Waals surface area contributed by atoms with E-state index in [4.69, 9.17) is 5.73 Å². The van der Waals surface area contributed by atoms with Crippen molar-refractivity contribution in [1.82, 2.24) is 4.90 Å². The van der Waals surface area contributed by atoms with Crippen LogP contribution < -0.4 is 5.73 Å². The summed E-state index contributed by atoms with van der Waals surface area (Å²) in [5.41, 5.74) is 6.64. The molecule has 1 aliphatic heterocycles. The van der Waals surface area contributed by atoms with Crippen molar-refractivity contribution in [3.63, 3.8) is 0 Å². The van der Waals surface area contributed by atoms with E-state index < -0.39 is 0 Å². The van der Waals surface area contributed by atoms with Gasteiger partial charge in [0.05, 0.1) is 0 Å². The molecular formula is C16H30N2. The van der Waals surface area contributed by atoms with Crippen molar-refractivity contribution in [3.8, 4) is 0 Å². The summed E-state index contributed by atoms with van der Waals surface area (Å²) in [6.07, 6.45) is 15.8. The Morgan fingerprint density at radius 3 is 2.39 bits per heavy atom. The first-order valence-electron chi connectivity index (χ1n) is 8.33. The normalized spacial score (nSPS) is 37.2. The second-order valence-corrected chi connectivity index (χ2v) is 6.94. The molecule has 0 spiro atoms. The standard InChI is InChI=1S/C16H30N2/c17-13-16(10-4-1-5-11-16)18-12-6-8-14-7-2-3-9-15(14)18/h14-15H,1-13,17H2/t14-,15-/m1/s1. The third-order valence-electron chi connectivity index (χ3n) is 6.02. The molecule has 1 saturated heterocycles. The van der Waals surface area contributed by atoms with Gasteiger partial charge in [-0.2, -0.15) is 0 Å². The summed E-state index contributed by atoms with van der Waals surface area (Å²) < 4.78 is 0. The zero-order valence-corrected chi connectivity index (χ0v) is 11.9. The smallest absolute Gasteiger partial charge is 0.0334 e. The molecule has 2 heteroatoms. The predicted octanol–water partition coefficient (Wildman–Crippen LogP) is 3.30. The van der Waals surface area contributed by atoms with E-state index in [-0.39, 0.29) is 0 Å². The monoisotopic (exact) mass is 250 g/mol. The van der Waals surface area contributed by atoms with Gasteiger partial charge in [0.2, 0.25) is 0 Å². The fourth-order valence-corrected chi connectivity index (χ4v) is 5.03. The van der Waals surface area contributed by atoms with Gasteiger partial charge >= 0.3 is 0 Å². The molecule has 0 aromatic rings. The molecule has 2 aliphatic carbocycles. The van der Waals surface area contributed by atoms with E-state index in [1.165, 1.54) is 77.2 Å². The lowest BCUT2D eigenvalue weighted by Crippen LogP contribution is -2.62. The van der Waals surface area contributed by atoms with E-state index in [1.807, 2.05) is 0 Å². The van der Waals surface area contributed by atoms with Crippen LogP contribution in [0, 0.1) is 5.92 Å². The molecule has 104 valence electrons. The Morgan fingerprint density at radius 2 is 1.61 bits per heavy atom. The molecule has 1 heterocycles. The van der Waals surface area contributed by atoms with Crippen molar-refractivity contribution in [1.29, 1.82) is 0 Å². The Morgan fingerprint density at radius 1 is 0.889 bits per heavy atom. The molecule has 2 saturated carbocycles. The summed E-state index contributed by atoms with van der Waals surface area (Å²) in [6, 6.07) is 0.883. The Balaban J connectivity index is 1.79. The van der Waals surface area contributed by atoms with Crippen molar-refractivity contribution in [3.05, 3.63) is 0 Å². The summed E-state index contributed by atoms with van der Waals surface area (Å²) in [5.74, 6) is 0.998. The molecule has 18 heavy (non-hydrogen) atoms. The summed E-state index contributed by atoms with van der Waals surface area (Å²) in [6.45, 7) is 2.23. The van der Waals surface area contributed by atoms with Gasteiger partial charge in [-0.05, 0) is 51.0 Å². The minimum atomic E-state index is 0.388. The van der Waals surface area contributed by atoms with E-state index >= 15 is 0 Å². The molecule has 3 fully saturated rings. The van der Waals surface area contributed by atoms with Crippen LogP contribution in [0.5, 0.6) is 0 Å². The molecule has 0 bridgehead atoms. The van der Waals surface area contributed by atoms with Crippen LogP contribution in [-0.2, 0) is 0 Å². The number of hydrogen-bond acceptors (Lipinski definition) is 2. The number of hydrogen-bond donors (Lipinski definition) is 1. The van der Waals surface area contributed by atoms with Crippen molar-refractivity contribution in [2.45, 2.75) is 82.2 Å². The quantitative estimate of drug-likeness (QED) is 0.815. The fraction of sp³-hybridized carbons (Fsp3) is 1.00. The van der Waals surface area contributed by atoms with E-state index in [1.54, 1.807) is 0 Å². The van der Waals surface area contributed by atoms with Crippen molar-refractivity contribution >= 4 is 0 Å². The molecule has 0 radical (unpaired) electrons. The first kappa shape index (κ1) is 12.9. The maximum atomic E-state index is 6.25. The third-order valence-corrected chi connectivity index (χ3v) is 6.02. The molecule has 0 aromatic carbocycles. The number of piperidine rings is 1. The van der Waals surface area contributed by atoms with Crippen LogP contribution in [0.1, 0.15) is 70.6 Å². The van der Waals surface area contributed by atoms with Crippen molar-refractivity contribution in [2.24, 2.45) is 11.7 Å². The Kier molecular flexibility index (Phi) is 3.95. The second kappa shape index (κ2) is 5.50. The number of rotatable bonds is 2. The first-order chi connectivity index (χ1) is 8.86. The minimum absolute atomic E-state index is 0.388. The lowest BCUT2D eigenvalue weighted by molar-refractivity contribution is -0.0427. The molecule has 0 amide bonds. The summed E-state index contributed by atoms with van der Waals surface area (Å²) >= 11 is 0. The highest BCUT2D eigenvalue weighted by atomic mass is 15.2. The molecular weight excluding hydrogens is 220 g/mol. The zero-order valence-electron chi connectivity index (χ0n) is 11.9. The molecule has 3 aliphatic rings. The number of nitrogens with two attached hydrogens (primary N) is 1. The Bertz CT molecular complexity index is 268. The lowest BCUT2D eigenvalue weighted by Gasteiger charge is -2.55. The SMILES string of the molecule is NCC1(N2CCC[C@H]3CCCC[C@H]32)CCCCC1. The molecule has 0 unspecified atom stereocenters. The second-order valence-electron chi connectivity index (χ2n) is 6.94. The van der Waals surface area contributed by atoms with Crippen LogP contribution in [0.4, 0.5) is 0 Å². The minimum Gasteiger partial charge on any atom is -0.329 e. The Labute approximate surface area is 112 Å². The van der Waals surface area contributed by atoms with E-state index in [9.17, 15) is 0 Å². The highest BCUT2D eigenvalue weighted by molar-refractivity contribution is 5.00. The maximum absolute atomic E-state index is 6.25. The lowest BCUT2D eigenvalue weighted by atomic mass is 9.72. The molecule has 2 nitrogen and oxygen atoms in total. The molecule has 0 aromatic heterocycles. The average Bonchev–Trinajstić information content (AvgIpc) is 2.47. The van der Waals surface area contributed by atoms with Gasteiger partial charge in [0.15, 0.2) is 0 Å². The highest BCUT2D eigenvalue weighted by Crippen LogP contribution is 2.43. The fourth-order valence-electron chi connectivity index (χ4n) is 5.03. The van der Waals surface area contributed by atoms with Crippen LogP contribution in [0.3, 0.4) is 0 Å². The number of nitrogens with zero attached hydrogens (tertiary/aromatic N) is 1. The van der Waals surface area contributed by atoms with Gasteiger partial charge in [-0.25, -0.2) is 0 Å². The van der Waals surface area contributed by atoms with Crippen LogP contribution in [0.25, 0.3) is 0 Å². The maximum Gasteiger partial charge on any atom is 0.0334 e. The van der Waals surface area contributed by atoms with Gasteiger partial charge in [0, 0.05) is 18.1 Å². The van der Waals surface area contributed by atoms with Crippen LogP contribution in [-0.4, -0.2) is 29.6 Å². The number of fused-ring (bicyclic) bond motifs is 1. The van der Waals surface area contributed by atoms with Gasteiger partial charge < -0.3 is 5.73 Å². The van der Waals surface area contributed by atoms with Crippen LogP contribution in [0.15, 0.2) is 0 Å². The predicted molar refractivity (Wildman–Crippen MR) is 76.6 cm³/mol. The van der Waals surface area contributed by atoms with Crippen LogP contribution in [0.2, 0.25) is 0 Å². The van der Waals surface area contributed by atoms with Gasteiger partial charge in [-0.1, -0.05) is 32.1 Å². The molecule has 2 atom stereocenters. The molecule has 2 N–H and O–H groups in total. The largest absolute Gasteiger partial charge is 0.329 e. The zero-order chi connectivity index (χ0) is 12.4. The third kappa shape index (κ3) is 2.22. The van der Waals surface area contributed by atoms with E-state index in [0.29, 0.717) is 5.54 Å². The van der Waals surface area contributed by atoms with Crippen molar-refractivity contribution in [2.75, 3.05) is 13.1 Å². The molecule has 3 rings (SSSR count). The van der Waals surface area contributed by atoms with Crippen LogP contribution >= 0.6 is 0 Å². The van der Waals surface area contributed by atoms with Gasteiger partial charge in [0.25, 0.3) is 0 Å². The summed E-state index contributed by atoms with van der Waals surface area (Å²) in [7, 11) is 0. The summed E-state index contributed by atoms with van der Waals surface area (Å²) in [5, 5.41) is 0. The van der Waals surface area contributed by atoms with Crippen molar-refractivity contribution < 1.29 is 0 Å². The summed E-state index contributed by atoms with van der Waals surface area (Å²) in [4.78, 5) is 2.90. The van der Waals surface area contributed by atoms with Gasteiger partial charge in [-0.15, -0.1) is 0 Å². The van der Waals surface area contributed by atoms with Gasteiger partial charge in [0.1, 0.15) is 0 Å². The highest BCUT2D eigenvalue weighted by Gasteiger charge is 2.44. The number of likely N-dealkylation sites (tertiary alicyclic amines) is 1. The average molecular weight is 250 g/mol. The topological polar surface area (TPSA) is 29.3 Å². The Hall–Kier alpha value is -0.0800. The first-order valence-corrected chi connectivity index (χ1v) is 8.33.